The van der Waals surface area contributed by atoms with Gasteiger partial charge in [-0.2, -0.15) is 0 Å². The van der Waals surface area contributed by atoms with Crippen LogP contribution < -0.4 is 11.1 Å². The first-order valence-corrected chi connectivity index (χ1v) is 8.65. The summed E-state index contributed by atoms with van der Waals surface area (Å²) < 4.78 is 5.18. The third-order valence-corrected chi connectivity index (χ3v) is 4.03. The zero-order valence-electron chi connectivity index (χ0n) is 15.1. The van der Waals surface area contributed by atoms with E-state index < -0.39 is 5.60 Å². The average molecular weight is 327 g/mol. The summed E-state index contributed by atoms with van der Waals surface area (Å²) in [5, 5.41) is 3.19. The SMILES string of the molecule is CC(C)(C)OC(=O)N1CC(CN)C1.CCC(=O)CCC1CNC1. The molecule has 0 unspecified atom stereocenters. The van der Waals surface area contributed by atoms with Crippen LogP contribution in [-0.2, 0) is 9.53 Å². The second-order valence-electron chi connectivity index (χ2n) is 7.44. The number of carbonyl (C=O) groups is 2. The van der Waals surface area contributed by atoms with E-state index in [0.717, 1.165) is 44.9 Å². The first-order valence-electron chi connectivity index (χ1n) is 8.65. The molecule has 0 atom stereocenters. The van der Waals surface area contributed by atoms with Crippen LogP contribution in [0.25, 0.3) is 0 Å². The Morgan fingerprint density at radius 1 is 1.22 bits per heavy atom. The molecule has 0 aromatic carbocycles. The first kappa shape index (κ1) is 19.9. The Morgan fingerprint density at radius 2 is 1.83 bits per heavy atom. The lowest BCUT2D eigenvalue weighted by Gasteiger charge is -2.39. The van der Waals surface area contributed by atoms with Crippen molar-refractivity contribution >= 4 is 11.9 Å². The van der Waals surface area contributed by atoms with Gasteiger partial charge in [-0.25, -0.2) is 4.79 Å². The maximum absolute atomic E-state index is 11.4. The first-order chi connectivity index (χ1) is 10.7. The molecule has 0 aromatic rings. The van der Waals surface area contributed by atoms with Gasteiger partial charge in [-0.1, -0.05) is 6.92 Å². The van der Waals surface area contributed by atoms with Gasteiger partial charge >= 0.3 is 6.09 Å². The number of likely N-dealkylation sites (tertiary alicyclic amines) is 1. The van der Waals surface area contributed by atoms with Crippen LogP contribution in [0.3, 0.4) is 0 Å². The van der Waals surface area contributed by atoms with Gasteiger partial charge in [-0.05, 0) is 52.7 Å². The van der Waals surface area contributed by atoms with Gasteiger partial charge in [0, 0.05) is 31.8 Å². The van der Waals surface area contributed by atoms with Gasteiger partial charge in [0.05, 0.1) is 0 Å². The van der Waals surface area contributed by atoms with E-state index in [0.29, 0.717) is 24.7 Å². The molecule has 6 heteroatoms. The molecule has 2 heterocycles. The van der Waals surface area contributed by atoms with E-state index in [-0.39, 0.29) is 6.09 Å². The highest BCUT2D eigenvalue weighted by Gasteiger charge is 2.32. The minimum Gasteiger partial charge on any atom is -0.444 e. The number of Topliss-reactive ketones (excluding diaryl/α,β-unsaturated/α-hetero) is 1. The van der Waals surface area contributed by atoms with Gasteiger partial charge in [-0.3, -0.25) is 4.79 Å². The molecule has 23 heavy (non-hydrogen) atoms. The molecule has 0 radical (unpaired) electrons. The normalized spacial score (nSPS) is 18.4. The van der Waals surface area contributed by atoms with Crippen molar-refractivity contribution in [2.45, 2.75) is 52.6 Å². The van der Waals surface area contributed by atoms with E-state index in [4.69, 9.17) is 10.5 Å². The van der Waals surface area contributed by atoms with Crippen molar-refractivity contribution < 1.29 is 14.3 Å². The van der Waals surface area contributed by atoms with Crippen molar-refractivity contribution in [1.82, 2.24) is 10.2 Å². The van der Waals surface area contributed by atoms with E-state index in [1.165, 1.54) is 0 Å². The van der Waals surface area contributed by atoms with E-state index in [2.05, 4.69) is 5.32 Å². The van der Waals surface area contributed by atoms with E-state index in [1.54, 1.807) is 4.90 Å². The molecule has 2 saturated heterocycles. The molecule has 6 nitrogen and oxygen atoms in total. The largest absolute Gasteiger partial charge is 0.444 e. The minimum atomic E-state index is -0.398. The van der Waals surface area contributed by atoms with Crippen molar-refractivity contribution in [2.24, 2.45) is 17.6 Å². The molecule has 0 bridgehead atoms. The van der Waals surface area contributed by atoms with E-state index in [9.17, 15) is 9.59 Å². The van der Waals surface area contributed by atoms with E-state index >= 15 is 0 Å². The van der Waals surface area contributed by atoms with Crippen LogP contribution in [0.15, 0.2) is 0 Å². The average Bonchev–Trinajstić information content (AvgIpc) is 2.34. The molecule has 3 N–H and O–H groups in total. The number of amides is 1. The van der Waals surface area contributed by atoms with Crippen LogP contribution in [0, 0.1) is 11.8 Å². The third-order valence-electron chi connectivity index (χ3n) is 4.03. The maximum Gasteiger partial charge on any atom is 0.410 e. The number of hydrogen-bond donors (Lipinski definition) is 2. The number of nitrogens with zero attached hydrogens (tertiary/aromatic N) is 1. The zero-order valence-corrected chi connectivity index (χ0v) is 15.1. The molecule has 1 amide bonds. The summed E-state index contributed by atoms with van der Waals surface area (Å²) in [5.41, 5.74) is 5.05. The number of nitrogens with two attached hydrogens (primary N) is 1. The summed E-state index contributed by atoms with van der Waals surface area (Å²) in [6, 6.07) is 0. The number of hydrogen-bond acceptors (Lipinski definition) is 5. The number of ketones is 1. The standard InChI is InChI=1S/C9H18N2O2.C8H15NO/c1-9(2,3)13-8(12)11-5-7(4-10)6-11;1-2-8(10)4-3-7-5-9-6-7/h7H,4-6,10H2,1-3H3;7,9H,2-6H2,1H3. The van der Waals surface area contributed by atoms with Gasteiger partial charge in [0.2, 0.25) is 0 Å². The molecule has 0 aliphatic carbocycles. The Hall–Kier alpha value is -1.14. The Bertz CT molecular complexity index is 383. The topological polar surface area (TPSA) is 84.7 Å². The number of ether oxygens (including phenoxy) is 1. The molecule has 0 aromatic heterocycles. The Labute approximate surface area is 140 Å². The molecule has 2 fully saturated rings. The predicted molar refractivity (Wildman–Crippen MR) is 91.2 cm³/mol. The number of rotatable bonds is 5. The summed E-state index contributed by atoms with van der Waals surface area (Å²) in [7, 11) is 0. The second kappa shape index (κ2) is 9.23. The molecule has 134 valence electrons. The highest BCUT2D eigenvalue weighted by molar-refractivity contribution is 5.77. The van der Waals surface area contributed by atoms with Crippen LogP contribution in [0.4, 0.5) is 4.79 Å². The van der Waals surface area contributed by atoms with Gasteiger partial charge in [0.1, 0.15) is 11.4 Å². The Balaban J connectivity index is 0.000000238. The highest BCUT2D eigenvalue weighted by Crippen LogP contribution is 2.18. The number of carbonyl (C=O) groups excluding carboxylic acids is 2. The third kappa shape index (κ3) is 7.79. The summed E-state index contributed by atoms with van der Waals surface area (Å²) in [6.45, 7) is 11.9. The van der Waals surface area contributed by atoms with Crippen LogP contribution >= 0.6 is 0 Å². The van der Waals surface area contributed by atoms with Crippen molar-refractivity contribution in [1.29, 1.82) is 0 Å². The van der Waals surface area contributed by atoms with Crippen LogP contribution in [0.1, 0.15) is 47.0 Å². The van der Waals surface area contributed by atoms with Gasteiger partial charge in [0.15, 0.2) is 0 Å². The number of nitrogens with one attached hydrogen (secondary N) is 1. The monoisotopic (exact) mass is 327 g/mol. The summed E-state index contributed by atoms with van der Waals surface area (Å²) in [6.07, 6.45) is 2.38. The predicted octanol–water partition coefficient (Wildman–Crippen LogP) is 1.78. The fourth-order valence-electron chi connectivity index (χ4n) is 2.29. The van der Waals surface area contributed by atoms with Gasteiger partial charge < -0.3 is 20.7 Å². The smallest absolute Gasteiger partial charge is 0.410 e. The maximum atomic E-state index is 11.4. The van der Waals surface area contributed by atoms with Crippen molar-refractivity contribution in [2.75, 3.05) is 32.7 Å². The van der Waals surface area contributed by atoms with Gasteiger partial charge in [-0.15, -0.1) is 0 Å². The lowest BCUT2D eigenvalue weighted by Crippen LogP contribution is -2.53. The molecule has 2 rings (SSSR count). The molecular weight excluding hydrogens is 294 g/mol. The molecular formula is C17H33N3O3. The Morgan fingerprint density at radius 3 is 2.22 bits per heavy atom. The summed E-state index contributed by atoms with van der Waals surface area (Å²) in [4.78, 5) is 23.9. The van der Waals surface area contributed by atoms with Crippen LogP contribution in [0.5, 0.6) is 0 Å². The second-order valence-corrected chi connectivity index (χ2v) is 7.44. The quantitative estimate of drug-likeness (QED) is 0.804. The highest BCUT2D eigenvalue weighted by atomic mass is 16.6. The van der Waals surface area contributed by atoms with Crippen LogP contribution in [-0.4, -0.2) is 55.1 Å². The fourth-order valence-corrected chi connectivity index (χ4v) is 2.29. The fraction of sp³-hybridized carbons (Fsp3) is 0.882. The lowest BCUT2D eigenvalue weighted by atomic mass is 9.96. The lowest BCUT2D eigenvalue weighted by molar-refractivity contribution is -0.119. The molecule has 0 saturated carbocycles. The summed E-state index contributed by atoms with van der Waals surface area (Å²) in [5.74, 6) is 1.66. The molecule has 2 aliphatic rings. The summed E-state index contributed by atoms with van der Waals surface area (Å²) >= 11 is 0. The minimum absolute atomic E-state index is 0.225. The van der Waals surface area contributed by atoms with Crippen molar-refractivity contribution in [3.05, 3.63) is 0 Å². The van der Waals surface area contributed by atoms with Gasteiger partial charge in [0.25, 0.3) is 0 Å². The molecule has 0 spiro atoms. The Kier molecular flexibility index (Phi) is 7.99. The van der Waals surface area contributed by atoms with E-state index in [1.807, 2.05) is 27.7 Å². The zero-order chi connectivity index (χ0) is 17.5. The van der Waals surface area contributed by atoms with Crippen LogP contribution in [0.2, 0.25) is 0 Å². The molecule has 2 aliphatic heterocycles. The van der Waals surface area contributed by atoms with Crippen molar-refractivity contribution in [3.8, 4) is 0 Å². The van der Waals surface area contributed by atoms with Crippen molar-refractivity contribution in [3.63, 3.8) is 0 Å².